The minimum absolute atomic E-state index is 0.00283. The largest absolute Gasteiger partial charge is 0.490 e. The Morgan fingerprint density at radius 1 is 1.12 bits per heavy atom. The zero-order valence-corrected chi connectivity index (χ0v) is 14.9. The Morgan fingerprint density at radius 3 is 2.44 bits per heavy atom. The summed E-state index contributed by atoms with van der Waals surface area (Å²) in [7, 11) is 0. The molecule has 1 amide bonds. The maximum Gasteiger partial charge on any atom is 0.243 e. The monoisotopic (exact) mass is 341 g/mol. The fourth-order valence-corrected chi connectivity index (χ4v) is 3.87. The molecule has 1 saturated carbocycles. The first-order valence-electron chi connectivity index (χ1n) is 9.56. The van der Waals surface area contributed by atoms with E-state index in [1.807, 2.05) is 31.2 Å². The summed E-state index contributed by atoms with van der Waals surface area (Å²) >= 11 is 0. The molecule has 3 aliphatic rings. The lowest BCUT2D eigenvalue weighted by Gasteiger charge is -2.41. The third-order valence-corrected chi connectivity index (χ3v) is 5.81. The second-order valence-electron chi connectivity index (χ2n) is 7.60. The molecule has 1 aliphatic carbocycles. The highest BCUT2D eigenvalue weighted by molar-refractivity contribution is 6.04. The Balaban J connectivity index is 1.31. The molecule has 0 radical (unpaired) electrons. The number of hydrogen-bond acceptors (Lipinski definition) is 4. The van der Waals surface area contributed by atoms with Crippen LogP contribution in [0.5, 0.6) is 5.75 Å². The molecule has 25 heavy (non-hydrogen) atoms. The molecule has 1 aromatic rings. The number of carbonyl (C=O) groups is 1. The molecular formula is C20H27N3O2. The molecule has 2 heterocycles. The molecule has 2 aliphatic heterocycles. The van der Waals surface area contributed by atoms with E-state index in [9.17, 15) is 4.79 Å². The van der Waals surface area contributed by atoms with Gasteiger partial charge in [-0.25, -0.2) is 5.43 Å². The maximum absolute atomic E-state index is 11.5. The number of amides is 1. The van der Waals surface area contributed by atoms with Crippen molar-refractivity contribution in [2.24, 2.45) is 11.0 Å². The summed E-state index contributed by atoms with van der Waals surface area (Å²) < 4.78 is 6.18. The zero-order valence-electron chi connectivity index (χ0n) is 14.9. The number of hydrazone groups is 1. The van der Waals surface area contributed by atoms with Gasteiger partial charge >= 0.3 is 0 Å². The summed E-state index contributed by atoms with van der Waals surface area (Å²) in [6, 6.07) is 8.98. The molecule has 4 rings (SSSR count). The predicted octanol–water partition coefficient (Wildman–Crippen LogP) is 2.94. The van der Waals surface area contributed by atoms with E-state index in [2.05, 4.69) is 15.4 Å². The van der Waals surface area contributed by atoms with E-state index in [0.717, 1.165) is 35.9 Å². The van der Waals surface area contributed by atoms with Crippen molar-refractivity contribution >= 4 is 11.6 Å². The Hall–Kier alpha value is -1.88. The predicted molar refractivity (Wildman–Crippen MR) is 97.8 cm³/mol. The fourth-order valence-electron chi connectivity index (χ4n) is 3.87. The molecule has 0 bridgehead atoms. The van der Waals surface area contributed by atoms with Crippen LogP contribution in [0.3, 0.4) is 0 Å². The lowest BCUT2D eigenvalue weighted by atomic mass is 9.90. The standard InChI is InChI=1S/C20H27N3O2/c1-14-13-19(21-22-20(14)24)15-5-7-17(8-6-15)25-18-9-11-23(12-10-18)16-3-2-4-16/h5-8,14,16,18H,2-4,9-13H2,1H3,(H,22,24). The molecule has 1 unspecified atom stereocenters. The molecule has 134 valence electrons. The van der Waals surface area contributed by atoms with Crippen LogP contribution in [0.2, 0.25) is 0 Å². The van der Waals surface area contributed by atoms with Gasteiger partial charge in [0.1, 0.15) is 11.9 Å². The number of benzene rings is 1. The number of piperidine rings is 1. The minimum Gasteiger partial charge on any atom is -0.490 e. The lowest BCUT2D eigenvalue weighted by molar-refractivity contribution is -0.124. The van der Waals surface area contributed by atoms with Crippen LogP contribution >= 0.6 is 0 Å². The van der Waals surface area contributed by atoms with Gasteiger partial charge in [0.25, 0.3) is 0 Å². The summed E-state index contributed by atoms with van der Waals surface area (Å²) in [5.74, 6) is 0.903. The minimum atomic E-state index is -0.0238. The molecule has 1 saturated heterocycles. The van der Waals surface area contributed by atoms with Crippen LogP contribution in [0.15, 0.2) is 29.4 Å². The Kier molecular flexibility index (Phi) is 4.75. The Labute approximate surface area is 149 Å². The van der Waals surface area contributed by atoms with Crippen molar-refractivity contribution in [3.8, 4) is 5.75 Å². The molecule has 0 spiro atoms. The highest BCUT2D eigenvalue weighted by Crippen LogP contribution is 2.28. The number of likely N-dealkylation sites (tertiary alicyclic amines) is 1. The topological polar surface area (TPSA) is 53.9 Å². The van der Waals surface area contributed by atoms with E-state index >= 15 is 0 Å². The fraction of sp³-hybridized carbons (Fsp3) is 0.600. The van der Waals surface area contributed by atoms with Gasteiger partial charge in [0, 0.05) is 31.5 Å². The third kappa shape index (κ3) is 3.71. The molecule has 0 aromatic heterocycles. The summed E-state index contributed by atoms with van der Waals surface area (Å²) in [5.41, 5.74) is 4.59. The van der Waals surface area contributed by atoms with Gasteiger partial charge < -0.3 is 9.64 Å². The summed E-state index contributed by atoms with van der Waals surface area (Å²) in [6.45, 7) is 4.26. The summed E-state index contributed by atoms with van der Waals surface area (Å²) in [5, 5.41) is 4.19. The number of ether oxygens (including phenoxy) is 1. The van der Waals surface area contributed by atoms with Crippen LogP contribution < -0.4 is 10.2 Å². The normalized spacial score (nSPS) is 25.9. The second kappa shape index (κ2) is 7.16. The number of nitrogens with zero attached hydrogens (tertiary/aromatic N) is 2. The molecule has 1 atom stereocenters. The van der Waals surface area contributed by atoms with Crippen LogP contribution in [0, 0.1) is 5.92 Å². The van der Waals surface area contributed by atoms with Crippen molar-refractivity contribution < 1.29 is 9.53 Å². The number of rotatable bonds is 4. The highest BCUT2D eigenvalue weighted by atomic mass is 16.5. The van der Waals surface area contributed by atoms with Crippen molar-refractivity contribution in [3.63, 3.8) is 0 Å². The van der Waals surface area contributed by atoms with Crippen LogP contribution in [-0.2, 0) is 4.79 Å². The van der Waals surface area contributed by atoms with Gasteiger partial charge in [0.2, 0.25) is 5.91 Å². The molecule has 5 heteroatoms. The number of nitrogens with one attached hydrogen (secondary N) is 1. The number of hydrogen-bond donors (Lipinski definition) is 1. The highest BCUT2D eigenvalue weighted by Gasteiger charge is 2.29. The van der Waals surface area contributed by atoms with Gasteiger partial charge in [-0.3, -0.25) is 4.79 Å². The summed E-state index contributed by atoms with van der Waals surface area (Å²) in [6.07, 6.45) is 7.43. The summed E-state index contributed by atoms with van der Waals surface area (Å²) in [4.78, 5) is 14.1. The van der Waals surface area contributed by atoms with E-state index in [-0.39, 0.29) is 11.8 Å². The van der Waals surface area contributed by atoms with Crippen LogP contribution in [-0.4, -0.2) is 41.8 Å². The van der Waals surface area contributed by atoms with Gasteiger partial charge in [0.05, 0.1) is 5.71 Å². The molecule has 1 N–H and O–H groups in total. The van der Waals surface area contributed by atoms with Crippen molar-refractivity contribution in [2.75, 3.05) is 13.1 Å². The zero-order chi connectivity index (χ0) is 17.2. The number of carbonyl (C=O) groups excluding carboxylic acids is 1. The molecule has 2 fully saturated rings. The van der Waals surface area contributed by atoms with Gasteiger partial charge in [-0.05, 0) is 55.5 Å². The average molecular weight is 341 g/mol. The van der Waals surface area contributed by atoms with E-state index in [1.54, 1.807) is 0 Å². The van der Waals surface area contributed by atoms with E-state index < -0.39 is 0 Å². The first-order chi connectivity index (χ1) is 12.2. The Bertz CT molecular complexity index is 643. The average Bonchev–Trinajstić information content (AvgIpc) is 2.58. The first kappa shape index (κ1) is 16.6. The quantitative estimate of drug-likeness (QED) is 0.916. The van der Waals surface area contributed by atoms with Gasteiger partial charge in [0.15, 0.2) is 0 Å². The van der Waals surface area contributed by atoms with Crippen LogP contribution in [0.25, 0.3) is 0 Å². The van der Waals surface area contributed by atoms with Crippen molar-refractivity contribution in [1.82, 2.24) is 10.3 Å². The van der Waals surface area contributed by atoms with Crippen LogP contribution in [0.1, 0.15) is 51.0 Å². The van der Waals surface area contributed by atoms with E-state index in [1.165, 1.54) is 32.4 Å². The van der Waals surface area contributed by atoms with Crippen LogP contribution in [0.4, 0.5) is 0 Å². The molecular weight excluding hydrogens is 314 g/mol. The van der Waals surface area contributed by atoms with Gasteiger partial charge in [-0.1, -0.05) is 13.3 Å². The lowest BCUT2D eigenvalue weighted by Crippen LogP contribution is -2.46. The third-order valence-electron chi connectivity index (χ3n) is 5.81. The van der Waals surface area contributed by atoms with Crippen molar-refractivity contribution in [2.45, 2.75) is 57.6 Å². The SMILES string of the molecule is CC1CC(c2ccc(OC3CCN(C4CCC4)CC3)cc2)=NNC1=O. The second-order valence-corrected chi connectivity index (χ2v) is 7.60. The molecule has 1 aromatic carbocycles. The first-order valence-corrected chi connectivity index (χ1v) is 9.56. The van der Waals surface area contributed by atoms with E-state index in [4.69, 9.17) is 4.74 Å². The van der Waals surface area contributed by atoms with Crippen molar-refractivity contribution in [1.29, 1.82) is 0 Å². The van der Waals surface area contributed by atoms with Crippen molar-refractivity contribution in [3.05, 3.63) is 29.8 Å². The Morgan fingerprint density at radius 2 is 1.84 bits per heavy atom. The van der Waals surface area contributed by atoms with Gasteiger partial charge in [-0.2, -0.15) is 5.10 Å². The van der Waals surface area contributed by atoms with E-state index in [0.29, 0.717) is 12.5 Å². The van der Waals surface area contributed by atoms with Gasteiger partial charge in [-0.15, -0.1) is 0 Å². The maximum atomic E-state index is 11.5. The molecule has 5 nitrogen and oxygen atoms in total. The smallest absolute Gasteiger partial charge is 0.243 e.